The summed E-state index contributed by atoms with van der Waals surface area (Å²) in [6, 6.07) is 0. The molecule has 0 amide bonds. The van der Waals surface area contributed by atoms with Gasteiger partial charge in [0.2, 0.25) is 0 Å². The summed E-state index contributed by atoms with van der Waals surface area (Å²) in [4.78, 5) is 37.4. The predicted molar refractivity (Wildman–Crippen MR) is 137 cm³/mol. The van der Waals surface area contributed by atoms with Gasteiger partial charge in [0, 0.05) is 25.2 Å². The predicted octanol–water partition coefficient (Wildman–Crippen LogP) is 5.42. The van der Waals surface area contributed by atoms with Gasteiger partial charge in [0.05, 0.1) is 12.0 Å². The number of esters is 1. The molecule has 0 saturated heterocycles. The number of fused-ring (bicyclic) bond motifs is 5. The van der Waals surface area contributed by atoms with Crippen LogP contribution in [0.3, 0.4) is 0 Å². The molecule has 0 aromatic heterocycles. The Labute approximate surface area is 216 Å². The first-order valence-corrected chi connectivity index (χ1v) is 13.9. The van der Waals surface area contributed by atoms with Crippen LogP contribution in [0.5, 0.6) is 0 Å². The summed E-state index contributed by atoms with van der Waals surface area (Å²) in [7, 11) is 0. The minimum atomic E-state index is -0.865. The Kier molecular flexibility index (Phi) is 7.03. The third-order valence-electron chi connectivity index (χ3n) is 11.6. The van der Waals surface area contributed by atoms with Gasteiger partial charge in [0.15, 0.2) is 0 Å². The third kappa shape index (κ3) is 3.97. The van der Waals surface area contributed by atoms with Crippen LogP contribution in [0.4, 0.5) is 0 Å². The molecule has 0 radical (unpaired) electrons. The van der Waals surface area contributed by atoms with Crippen LogP contribution in [0.2, 0.25) is 0 Å². The molecule has 0 aromatic rings. The van der Waals surface area contributed by atoms with Crippen molar-refractivity contribution < 1.29 is 29.3 Å². The molecule has 0 aromatic carbocycles. The molecule has 4 aliphatic carbocycles. The second-order valence-corrected chi connectivity index (χ2v) is 13.5. The van der Waals surface area contributed by atoms with E-state index in [2.05, 4.69) is 27.7 Å². The Morgan fingerprint density at radius 1 is 1.11 bits per heavy atom. The zero-order chi connectivity index (χ0) is 26.8. The first-order chi connectivity index (χ1) is 16.7. The van der Waals surface area contributed by atoms with Gasteiger partial charge >= 0.3 is 11.9 Å². The molecule has 4 aliphatic rings. The van der Waals surface area contributed by atoms with Crippen LogP contribution in [-0.2, 0) is 19.1 Å². The highest BCUT2D eigenvalue weighted by Crippen LogP contribution is 2.74. The zero-order valence-corrected chi connectivity index (χ0v) is 23.2. The molecule has 4 fully saturated rings. The normalized spacial score (nSPS) is 46.7. The van der Waals surface area contributed by atoms with Crippen molar-refractivity contribution in [2.75, 3.05) is 0 Å². The summed E-state index contributed by atoms with van der Waals surface area (Å²) in [5.74, 6) is -1.69. The Morgan fingerprint density at radius 3 is 2.36 bits per heavy atom. The number of allylic oxidation sites excluding steroid dienone is 2. The fourth-order valence-corrected chi connectivity index (χ4v) is 9.93. The third-order valence-corrected chi connectivity index (χ3v) is 11.6. The van der Waals surface area contributed by atoms with Gasteiger partial charge in [-0.3, -0.25) is 14.4 Å². The number of Topliss-reactive ketones (excluding diaryl/α,β-unsaturated/α-hetero) is 1. The van der Waals surface area contributed by atoms with Crippen molar-refractivity contribution in [3.63, 3.8) is 0 Å². The molecule has 0 spiro atoms. The SMILES string of the molecule is CC(=O)O[C@H]1C[C@@]2(C)C(C[C@@H](O)C3[C@@]4(C)CCC(=O)[C@@H](C)C4CC[C@@]32C)[C@H]1[C@H](CC=C(C)C)C(=O)O. The summed E-state index contributed by atoms with van der Waals surface area (Å²) >= 11 is 0. The number of hydrogen-bond acceptors (Lipinski definition) is 5. The lowest BCUT2D eigenvalue weighted by Crippen LogP contribution is -2.65. The summed E-state index contributed by atoms with van der Waals surface area (Å²) in [5, 5.41) is 22.2. The van der Waals surface area contributed by atoms with Gasteiger partial charge < -0.3 is 14.9 Å². The lowest BCUT2D eigenvalue weighted by Gasteiger charge is -2.68. The minimum Gasteiger partial charge on any atom is -0.481 e. The van der Waals surface area contributed by atoms with Gasteiger partial charge in [-0.1, -0.05) is 39.3 Å². The Bertz CT molecular complexity index is 951. The van der Waals surface area contributed by atoms with E-state index in [1.165, 1.54) is 6.92 Å². The van der Waals surface area contributed by atoms with E-state index in [1.807, 2.05) is 19.9 Å². The van der Waals surface area contributed by atoms with Crippen molar-refractivity contribution in [1.29, 1.82) is 0 Å². The highest BCUT2D eigenvalue weighted by atomic mass is 16.5. The van der Waals surface area contributed by atoms with Crippen molar-refractivity contribution in [2.24, 2.45) is 51.8 Å². The first-order valence-electron chi connectivity index (χ1n) is 13.9. The van der Waals surface area contributed by atoms with Gasteiger partial charge in [-0.05, 0) is 86.4 Å². The van der Waals surface area contributed by atoms with Gasteiger partial charge in [-0.2, -0.15) is 0 Å². The van der Waals surface area contributed by atoms with Gasteiger partial charge in [0.25, 0.3) is 0 Å². The maximum Gasteiger partial charge on any atom is 0.307 e. The molecule has 0 heterocycles. The van der Waals surface area contributed by atoms with Crippen molar-refractivity contribution >= 4 is 17.7 Å². The fourth-order valence-electron chi connectivity index (χ4n) is 9.93. The first kappa shape index (κ1) is 27.3. The van der Waals surface area contributed by atoms with E-state index in [1.54, 1.807) is 0 Å². The topological polar surface area (TPSA) is 101 Å². The quantitative estimate of drug-likeness (QED) is 0.385. The van der Waals surface area contributed by atoms with E-state index in [-0.39, 0.29) is 51.8 Å². The Morgan fingerprint density at radius 2 is 1.78 bits per heavy atom. The number of ketones is 1. The summed E-state index contributed by atoms with van der Waals surface area (Å²) in [6.45, 7) is 14.3. The molecule has 6 nitrogen and oxygen atoms in total. The van der Waals surface area contributed by atoms with Crippen molar-refractivity contribution in [3.8, 4) is 0 Å². The number of aliphatic carboxylic acids is 1. The van der Waals surface area contributed by atoms with Crippen molar-refractivity contribution in [3.05, 3.63) is 11.6 Å². The summed E-state index contributed by atoms with van der Waals surface area (Å²) < 4.78 is 5.89. The molecule has 202 valence electrons. The van der Waals surface area contributed by atoms with Crippen LogP contribution >= 0.6 is 0 Å². The number of ether oxygens (including phenoxy) is 1. The molecular formula is C30H46O6. The van der Waals surface area contributed by atoms with Crippen molar-refractivity contribution in [1.82, 2.24) is 0 Å². The monoisotopic (exact) mass is 502 g/mol. The Balaban J connectivity index is 1.79. The number of carboxylic acids is 1. The van der Waals surface area contributed by atoms with Crippen molar-refractivity contribution in [2.45, 2.75) is 106 Å². The summed E-state index contributed by atoms with van der Waals surface area (Å²) in [5.41, 5.74) is 0.401. The highest BCUT2D eigenvalue weighted by Gasteiger charge is 2.72. The van der Waals surface area contributed by atoms with Crippen LogP contribution in [0.1, 0.15) is 93.4 Å². The smallest absolute Gasteiger partial charge is 0.307 e. The van der Waals surface area contributed by atoms with Gasteiger partial charge in [-0.15, -0.1) is 0 Å². The molecule has 4 saturated carbocycles. The van der Waals surface area contributed by atoms with E-state index >= 15 is 0 Å². The fraction of sp³-hybridized carbons (Fsp3) is 0.833. The largest absolute Gasteiger partial charge is 0.481 e. The molecule has 0 bridgehead atoms. The van der Waals surface area contributed by atoms with E-state index in [0.29, 0.717) is 31.5 Å². The molecule has 36 heavy (non-hydrogen) atoms. The average Bonchev–Trinajstić information content (AvgIpc) is 3.03. The second kappa shape index (κ2) is 9.25. The highest BCUT2D eigenvalue weighted by molar-refractivity contribution is 5.82. The maximum atomic E-state index is 12.6. The van der Waals surface area contributed by atoms with E-state index in [0.717, 1.165) is 24.8 Å². The molecule has 0 aliphatic heterocycles. The average molecular weight is 503 g/mol. The number of aliphatic hydroxyl groups is 1. The lowest BCUT2D eigenvalue weighted by atomic mass is 9.36. The number of rotatable bonds is 5. The standard InChI is InChI=1S/C30H46O6/c1-16(2)8-9-19(27(34)35)25-21-14-23(33)26-28(5)12-11-22(32)17(3)20(28)10-13-29(26,6)30(21,7)15-24(25)36-18(4)31/h8,17,19-21,23-26,33H,9-15H2,1-7H3,(H,34,35)/t17-,19-,20?,21?,23+,24-,25+,26?,28-,29-,30-/m0/s1. The van der Waals surface area contributed by atoms with Gasteiger partial charge in [0.1, 0.15) is 11.9 Å². The Hall–Kier alpha value is -1.69. The zero-order valence-electron chi connectivity index (χ0n) is 23.2. The molecule has 11 atom stereocenters. The molecule has 4 rings (SSSR count). The number of aliphatic hydroxyl groups excluding tert-OH is 1. The molecule has 2 N–H and O–H groups in total. The number of carboxylic acid groups (broad SMARTS) is 1. The molecule has 3 unspecified atom stereocenters. The van der Waals surface area contributed by atoms with E-state index in [9.17, 15) is 24.6 Å². The van der Waals surface area contributed by atoms with Crippen LogP contribution in [-0.4, -0.2) is 40.1 Å². The second-order valence-electron chi connectivity index (χ2n) is 13.5. The maximum absolute atomic E-state index is 12.6. The van der Waals surface area contributed by atoms with Crippen LogP contribution in [0.15, 0.2) is 11.6 Å². The molecular weight excluding hydrogens is 456 g/mol. The molecule has 6 heteroatoms. The number of carbonyl (C=O) groups excluding carboxylic acids is 2. The van der Waals surface area contributed by atoms with Crippen LogP contribution in [0, 0.1) is 51.8 Å². The number of carbonyl (C=O) groups is 3. The van der Waals surface area contributed by atoms with Gasteiger partial charge in [-0.25, -0.2) is 0 Å². The lowest BCUT2D eigenvalue weighted by molar-refractivity contribution is -0.230. The van der Waals surface area contributed by atoms with Crippen LogP contribution < -0.4 is 0 Å². The van der Waals surface area contributed by atoms with E-state index < -0.39 is 24.1 Å². The summed E-state index contributed by atoms with van der Waals surface area (Å²) in [6.07, 6.45) is 5.64. The minimum absolute atomic E-state index is 0.0108. The van der Waals surface area contributed by atoms with Crippen LogP contribution in [0.25, 0.3) is 0 Å². The number of hydrogen-bond donors (Lipinski definition) is 2. The van der Waals surface area contributed by atoms with E-state index in [4.69, 9.17) is 4.74 Å².